The molecule has 4 heterocycles. The van der Waals surface area contributed by atoms with Crippen LogP contribution in [0.5, 0.6) is 0 Å². The number of fused-ring (bicyclic) bond motifs is 9. The lowest BCUT2D eigenvalue weighted by molar-refractivity contribution is 0.669. The fraction of sp³-hybridized carbons (Fsp3) is 0.0476. The molecule has 0 amide bonds. The Bertz CT molecular complexity index is 2720. The van der Waals surface area contributed by atoms with Crippen molar-refractivity contribution in [1.82, 2.24) is 14.5 Å². The highest BCUT2D eigenvalue weighted by molar-refractivity contribution is 7.04. The summed E-state index contributed by atoms with van der Waals surface area (Å²) in [6, 6.07) is 49.5. The van der Waals surface area contributed by atoms with Crippen LogP contribution < -0.4 is 10.4 Å². The average Bonchev–Trinajstić information content (AvgIpc) is 3.72. The van der Waals surface area contributed by atoms with Crippen molar-refractivity contribution in [2.45, 2.75) is 13.1 Å². The fourth-order valence-corrected chi connectivity index (χ4v) is 11.0. The van der Waals surface area contributed by atoms with Gasteiger partial charge in [-0.25, -0.2) is 9.97 Å². The molecule has 1 aliphatic rings. The summed E-state index contributed by atoms with van der Waals surface area (Å²) in [5.74, 6) is 0.742. The minimum absolute atomic E-state index is 0.742. The molecule has 9 aromatic rings. The van der Waals surface area contributed by atoms with Crippen LogP contribution in [0, 0.1) is 0 Å². The number of benzene rings is 6. The van der Waals surface area contributed by atoms with Crippen LogP contribution in [0.15, 0.2) is 144 Å². The van der Waals surface area contributed by atoms with Crippen LogP contribution in [0.4, 0.5) is 0 Å². The Labute approximate surface area is 272 Å². The van der Waals surface area contributed by atoms with E-state index in [1.54, 1.807) is 0 Å². The van der Waals surface area contributed by atoms with Gasteiger partial charge in [0.05, 0.1) is 22.4 Å². The standard InChI is InChI=1S/C42H29N3OSi/c1-47(2)38-22-11-8-19-31(38)40-41(47)39(26-13-4-3-5-14-26)43-42(44-40)27-15-12-16-28(23-27)45-34-20-9-6-17-29(34)32-24-33-30-18-7-10-21-36(30)46-37(33)25-35(32)45/h3-25H,1-2H3. The largest absolute Gasteiger partial charge is 0.456 e. The molecule has 0 N–H and O–H groups in total. The predicted octanol–water partition coefficient (Wildman–Crippen LogP) is 9.61. The third-order valence-electron chi connectivity index (χ3n) is 9.97. The lowest BCUT2D eigenvalue weighted by Crippen LogP contribution is -2.50. The molecule has 6 aromatic carbocycles. The Balaban J connectivity index is 1.22. The van der Waals surface area contributed by atoms with Crippen molar-refractivity contribution in [3.63, 3.8) is 0 Å². The zero-order chi connectivity index (χ0) is 31.3. The van der Waals surface area contributed by atoms with Gasteiger partial charge in [0.25, 0.3) is 0 Å². The SMILES string of the molecule is C[Si]1(C)c2ccccc2-c2nc(-c3cccc(-n4c5ccccc5c5cc6c(cc54)oc4ccccc46)c3)nc(-c3ccccc3)c21. The molecule has 222 valence electrons. The summed E-state index contributed by atoms with van der Waals surface area (Å²) in [6.07, 6.45) is 0. The summed E-state index contributed by atoms with van der Waals surface area (Å²) in [7, 11) is -2.02. The minimum Gasteiger partial charge on any atom is -0.456 e. The number of aromatic nitrogens is 3. The van der Waals surface area contributed by atoms with Crippen molar-refractivity contribution in [3.8, 4) is 39.6 Å². The maximum atomic E-state index is 6.35. The molecule has 10 rings (SSSR count). The lowest BCUT2D eigenvalue weighted by atomic mass is 10.1. The predicted molar refractivity (Wildman–Crippen MR) is 197 cm³/mol. The highest BCUT2D eigenvalue weighted by Gasteiger charge is 2.41. The minimum atomic E-state index is -2.02. The Kier molecular flexibility index (Phi) is 5.41. The van der Waals surface area contributed by atoms with Crippen LogP contribution in [0.25, 0.3) is 83.3 Å². The normalized spacial score (nSPS) is 13.5. The molecule has 0 radical (unpaired) electrons. The van der Waals surface area contributed by atoms with Crippen molar-refractivity contribution < 1.29 is 4.42 Å². The Morgan fingerprint density at radius 3 is 2.15 bits per heavy atom. The van der Waals surface area contributed by atoms with Crippen LogP contribution in [-0.2, 0) is 0 Å². The monoisotopic (exact) mass is 619 g/mol. The molecule has 0 saturated carbocycles. The number of rotatable bonds is 3. The van der Waals surface area contributed by atoms with Crippen LogP contribution in [0.1, 0.15) is 0 Å². The first kappa shape index (κ1) is 26.4. The second-order valence-electron chi connectivity index (χ2n) is 13.0. The van der Waals surface area contributed by atoms with Gasteiger partial charge in [0.1, 0.15) is 19.2 Å². The van der Waals surface area contributed by atoms with E-state index in [0.29, 0.717) is 0 Å². The lowest BCUT2D eigenvalue weighted by Gasteiger charge is -2.21. The maximum absolute atomic E-state index is 6.35. The van der Waals surface area contributed by atoms with Gasteiger partial charge in [-0.2, -0.15) is 0 Å². The van der Waals surface area contributed by atoms with E-state index in [9.17, 15) is 0 Å². The second-order valence-corrected chi connectivity index (χ2v) is 17.3. The molecule has 4 nitrogen and oxygen atoms in total. The molecule has 3 aromatic heterocycles. The average molecular weight is 620 g/mol. The summed E-state index contributed by atoms with van der Waals surface area (Å²) in [4.78, 5) is 10.7. The van der Waals surface area contributed by atoms with Gasteiger partial charge in [0.15, 0.2) is 5.82 Å². The number of furan rings is 1. The molecule has 0 saturated heterocycles. The summed E-state index contributed by atoms with van der Waals surface area (Å²) in [5.41, 5.74) is 10.6. The highest BCUT2D eigenvalue weighted by atomic mass is 28.3. The van der Waals surface area contributed by atoms with Gasteiger partial charge in [-0.3, -0.25) is 0 Å². The van der Waals surface area contributed by atoms with E-state index in [1.165, 1.54) is 26.7 Å². The first-order valence-corrected chi connectivity index (χ1v) is 19.1. The van der Waals surface area contributed by atoms with E-state index in [4.69, 9.17) is 14.4 Å². The Hall–Kier alpha value is -5.78. The van der Waals surface area contributed by atoms with Crippen LogP contribution >= 0.6 is 0 Å². The van der Waals surface area contributed by atoms with E-state index >= 15 is 0 Å². The van der Waals surface area contributed by atoms with Gasteiger partial charge in [-0.1, -0.05) is 116 Å². The smallest absolute Gasteiger partial charge is 0.160 e. The van der Waals surface area contributed by atoms with E-state index in [-0.39, 0.29) is 0 Å². The van der Waals surface area contributed by atoms with Crippen molar-refractivity contribution in [3.05, 3.63) is 140 Å². The molecular weight excluding hydrogens is 591 g/mol. The van der Waals surface area contributed by atoms with Crippen LogP contribution in [0.3, 0.4) is 0 Å². The summed E-state index contributed by atoms with van der Waals surface area (Å²) >= 11 is 0. The number of nitrogens with zero attached hydrogens (tertiary/aromatic N) is 3. The van der Waals surface area contributed by atoms with Crippen molar-refractivity contribution in [2.75, 3.05) is 0 Å². The molecule has 0 atom stereocenters. The van der Waals surface area contributed by atoms with Crippen molar-refractivity contribution in [2.24, 2.45) is 0 Å². The zero-order valence-corrected chi connectivity index (χ0v) is 27.0. The first-order chi connectivity index (χ1) is 23.1. The Morgan fingerprint density at radius 2 is 1.26 bits per heavy atom. The van der Waals surface area contributed by atoms with Gasteiger partial charge >= 0.3 is 0 Å². The van der Waals surface area contributed by atoms with Crippen molar-refractivity contribution in [1.29, 1.82) is 0 Å². The van der Waals surface area contributed by atoms with Crippen LogP contribution in [0.2, 0.25) is 13.1 Å². The summed E-state index contributed by atoms with van der Waals surface area (Å²) in [5, 5.41) is 7.44. The first-order valence-electron chi connectivity index (χ1n) is 16.1. The summed E-state index contributed by atoms with van der Waals surface area (Å²) < 4.78 is 8.70. The van der Waals surface area contributed by atoms with Gasteiger partial charge in [-0.05, 0) is 46.3 Å². The van der Waals surface area contributed by atoms with E-state index in [1.807, 2.05) is 12.1 Å². The zero-order valence-electron chi connectivity index (χ0n) is 26.0. The van der Waals surface area contributed by atoms with E-state index in [2.05, 4.69) is 145 Å². The number of para-hydroxylation sites is 2. The topological polar surface area (TPSA) is 43.9 Å². The van der Waals surface area contributed by atoms with E-state index in [0.717, 1.165) is 67.0 Å². The molecule has 1 aliphatic heterocycles. The molecule has 0 fully saturated rings. The molecule has 5 heteroatoms. The molecule has 47 heavy (non-hydrogen) atoms. The quantitative estimate of drug-likeness (QED) is 0.185. The van der Waals surface area contributed by atoms with Gasteiger partial charge < -0.3 is 8.98 Å². The molecule has 0 aliphatic carbocycles. The maximum Gasteiger partial charge on any atom is 0.160 e. The highest BCUT2D eigenvalue weighted by Crippen LogP contribution is 2.39. The van der Waals surface area contributed by atoms with Gasteiger partial charge in [-0.15, -0.1) is 0 Å². The molecule has 0 bridgehead atoms. The van der Waals surface area contributed by atoms with Crippen LogP contribution in [-0.4, -0.2) is 22.6 Å². The number of hydrogen-bond acceptors (Lipinski definition) is 3. The van der Waals surface area contributed by atoms with Gasteiger partial charge in [0.2, 0.25) is 0 Å². The van der Waals surface area contributed by atoms with Gasteiger partial charge in [0, 0.05) is 44.4 Å². The second kappa shape index (κ2) is 9.61. The number of hydrogen-bond donors (Lipinski definition) is 0. The molecular formula is C42H29N3OSi. The Morgan fingerprint density at radius 1 is 0.532 bits per heavy atom. The molecule has 0 unspecified atom stereocenters. The third-order valence-corrected chi connectivity index (χ3v) is 13.5. The molecule has 0 spiro atoms. The van der Waals surface area contributed by atoms with E-state index < -0.39 is 8.07 Å². The third kappa shape index (κ3) is 3.75. The van der Waals surface area contributed by atoms with Crippen molar-refractivity contribution >= 4 is 62.2 Å². The fourth-order valence-electron chi connectivity index (χ4n) is 7.80. The summed E-state index contributed by atoms with van der Waals surface area (Å²) in [6.45, 7) is 4.85.